The topological polar surface area (TPSA) is 58.2 Å². The van der Waals surface area contributed by atoms with Crippen LogP contribution in [0.25, 0.3) is 22.2 Å². The number of aromatic amines is 1. The zero-order chi connectivity index (χ0) is 17.9. The van der Waals surface area contributed by atoms with Crippen molar-refractivity contribution in [3.05, 3.63) is 53.1 Å². The average molecular weight is 372 g/mol. The van der Waals surface area contributed by atoms with E-state index in [1.807, 2.05) is 0 Å². The van der Waals surface area contributed by atoms with Crippen molar-refractivity contribution in [2.75, 3.05) is 26.3 Å². The van der Waals surface area contributed by atoms with Gasteiger partial charge in [0, 0.05) is 47.6 Å². The first-order chi connectivity index (χ1) is 12.5. The third-order valence-corrected chi connectivity index (χ3v) is 5.37. The van der Waals surface area contributed by atoms with Crippen LogP contribution in [0.1, 0.15) is 10.4 Å². The predicted molar refractivity (Wildman–Crippen MR) is 95.7 cm³/mol. The molecule has 2 aromatic heterocycles. The minimum atomic E-state index is -0.445. The zero-order valence-electron chi connectivity index (χ0n) is 13.8. The number of nitrogens with one attached hydrogen (secondary N) is 1. The number of hydrogen-bond donors (Lipinski definition) is 1. The van der Waals surface area contributed by atoms with Crippen LogP contribution >= 0.6 is 11.6 Å². The van der Waals surface area contributed by atoms with Crippen molar-refractivity contribution in [1.82, 2.24) is 14.9 Å². The number of rotatable bonds is 2. The number of pyridine rings is 1. The van der Waals surface area contributed by atoms with Crippen molar-refractivity contribution in [3.8, 4) is 11.1 Å². The standard InChI is InChI=1S/C19H15ClFN3O2/c20-12-4-14-15(6-23-17(14)22-5-12)13-2-1-11(3-16(13)21)18(25)24-7-19(8-24)9-26-10-19/h1-6H,7-10H2,(H,22,23). The van der Waals surface area contributed by atoms with E-state index in [1.54, 1.807) is 29.3 Å². The Balaban J connectivity index is 1.44. The Bertz CT molecular complexity index is 1040. The summed E-state index contributed by atoms with van der Waals surface area (Å²) in [6, 6.07) is 6.35. The first-order valence-corrected chi connectivity index (χ1v) is 8.72. The largest absolute Gasteiger partial charge is 0.380 e. The van der Waals surface area contributed by atoms with Crippen LogP contribution in [0.3, 0.4) is 0 Å². The number of fused-ring (bicyclic) bond motifs is 1. The molecule has 26 heavy (non-hydrogen) atoms. The molecule has 2 fully saturated rings. The number of halogens is 2. The van der Waals surface area contributed by atoms with Gasteiger partial charge in [0.15, 0.2) is 0 Å². The maximum absolute atomic E-state index is 14.8. The van der Waals surface area contributed by atoms with Gasteiger partial charge in [0.05, 0.1) is 23.7 Å². The van der Waals surface area contributed by atoms with E-state index >= 15 is 0 Å². The molecule has 7 heteroatoms. The molecule has 2 saturated heterocycles. The lowest BCUT2D eigenvalue weighted by Gasteiger charge is -2.54. The maximum Gasteiger partial charge on any atom is 0.254 e. The lowest BCUT2D eigenvalue weighted by molar-refractivity contribution is -0.176. The highest BCUT2D eigenvalue weighted by molar-refractivity contribution is 6.31. The van der Waals surface area contributed by atoms with Crippen LogP contribution < -0.4 is 0 Å². The molecule has 1 N–H and O–H groups in total. The molecule has 132 valence electrons. The van der Waals surface area contributed by atoms with Crippen LogP contribution in [-0.4, -0.2) is 47.1 Å². The highest BCUT2D eigenvalue weighted by Crippen LogP contribution is 2.38. The molecule has 4 heterocycles. The molecule has 0 saturated carbocycles. The van der Waals surface area contributed by atoms with Gasteiger partial charge in [0.25, 0.3) is 5.91 Å². The third-order valence-electron chi connectivity index (χ3n) is 5.16. The lowest BCUT2D eigenvalue weighted by Crippen LogP contribution is -2.67. The normalized spacial score (nSPS) is 18.0. The van der Waals surface area contributed by atoms with E-state index in [0.717, 1.165) is 5.39 Å². The molecule has 5 rings (SSSR count). The molecule has 3 aromatic rings. The minimum absolute atomic E-state index is 0.142. The summed E-state index contributed by atoms with van der Waals surface area (Å²) in [5.74, 6) is -0.587. The third kappa shape index (κ3) is 2.33. The number of amides is 1. The minimum Gasteiger partial charge on any atom is -0.380 e. The lowest BCUT2D eigenvalue weighted by atomic mass is 9.78. The Morgan fingerprint density at radius 1 is 1.27 bits per heavy atom. The van der Waals surface area contributed by atoms with Gasteiger partial charge in [0.2, 0.25) is 0 Å². The van der Waals surface area contributed by atoms with Gasteiger partial charge in [-0.25, -0.2) is 9.37 Å². The van der Waals surface area contributed by atoms with E-state index in [0.29, 0.717) is 53.7 Å². The van der Waals surface area contributed by atoms with Crippen molar-refractivity contribution in [2.45, 2.75) is 0 Å². The second-order valence-electron chi connectivity index (χ2n) is 7.10. The summed E-state index contributed by atoms with van der Waals surface area (Å²) >= 11 is 6.01. The maximum atomic E-state index is 14.8. The molecule has 1 amide bonds. The van der Waals surface area contributed by atoms with Crippen molar-refractivity contribution in [3.63, 3.8) is 0 Å². The Hall–Kier alpha value is -2.44. The predicted octanol–water partition coefficient (Wildman–Crippen LogP) is 3.49. The molecule has 0 atom stereocenters. The van der Waals surface area contributed by atoms with E-state index in [4.69, 9.17) is 16.3 Å². The second-order valence-corrected chi connectivity index (χ2v) is 7.54. The molecule has 1 spiro atoms. The Labute approximate surface area is 153 Å². The zero-order valence-corrected chi connectivity index (χ0v) is 14.5. The molecule has 0 unspecified atom stereocenters. The number of benzene rings is 1. The van der Waals surface area contributed by atoms with Crippen molar-refractivity contribution < 1.29 is 13.9 Å². The van der Waals surface area contributed by atoms with Crippen molar-refractivity contribution in [2.24, 2.45) is 5.41 Å². The number of likely N-dealkylation sites (tertiary alicyclic amines) is 1. The van der Waals surface area contributed by atoms with E-state index in [-0.39, 0.29) is 11.3 Å². The van der Waals surface area contributed by atoms with Crippen LogP contribution in [0.2, 0.25) is 5.02 Å². The summed E-state index contributed by atoms with van der Waals surface area (Å²) in [5, 5.41) is 1.22. The summed E-state index contributed by atoms with van der Waals surface area (Å²) in [6.45, 7) is 2.78. The van der Waals surface area contributed by atoms with Gasteiger partial charge in [-0.15, -0.1) is 0 Å². The van der Waals surface area contributed by atoms with Crippen LogP contribution in [0.15, 0.2) is 36.7 Å². The number of aromatic nitrogens is 2. The van der Waals surface area contributed by atoms with Gasteiger partial charge >= 0.3 is 0 Å². The second kappa shape index (κ2) is 5.53. The molecule has 2 aliphatic rings. The fraction of sp³-hybridized carbons (Fsp3) is 0.263. The number of ether oxygens (including phenoxy) is 1. The SMILES string of the molecule is O=C(c1ccc(-c2c[nH]c3ncc(Cl)cc23)c(F)c1)N1CC2(COC2)C1. The highest BCUT2D eigenvalue weighted by atomic mass is 35.5. The van der Waals surface area contributed by atoms with E-state index in [2.05, 4.69) is 9.97 Å². The molecular weight excluding hydrogens is 357 g/mol. The summed E-state index contributed by atoms with van der Waals surface area (Å²) in [4.78, 5) is 21.5. The van der Waals surface area contributed by atoms with Crippen LogP contribution in [0.4, 0.5) is 4.39 Å². The van der Waals surface area contributed by atoms with Crippen LogP contribution in [0.5, 0.6) is 0 Å². The summed E-state index contributed by atoms with van der Waals surface area (Å²) in [7, 11) is 0. The van der Waals surface area contributed by atoms with Crippen molar-refractivity contribution >= 4 is 28.5 Å². The van der Waals surface area contributed by atoms with Crippen molar-refractivity contribution in [1.29, 1.82) is 0 Å². The van der Waals surface area contributed by atoms with Gasteiger partial charge in [0.1, 0.15) is 11.5 Å². The molecule has 0 aliphatic carbocycles. The average Bonchev–Trinajstić information content (AvgIpc) is 2.95. The molecule has 5 nitrogen and oxygen atoms in total. The fourth-order valence-electron chi connectivity index (χ4n) is 3.73. The Morgan fingerprint density at radius 2 is 2.08 bits per heavy atom. The molecule has 0 bridgehead atoms. The highest BCUT2D eigenvalue weighted by Gasteiger charge is 2.50. The summed E-state index contributed by atoms with van der Waals surface area (Å²) in [5.41, 5.74) is 2.21. The number of nitrogens with zero attached hydrogens (tertiary/aromatic N) is 2. The molecular formula is C19H15ClFN3O2. The number of H-pyrrole nitrogens is 1. The first-order valence-electron chi connectivity index (χ1n) is 8.34. The smallest absolute Gasteiger partial charge is 0.254 e. The van der Waals surface area contributed by atoms with E-state index in [9.17, 15) is 9.18 Å². The number of carbonyl (C=O) groups is 1. The first kappa shape index (κ1) is 15.8. The Kier molecular flexibility index (Phi) is 3.36. The van der Waals surface area contributed by atoms with E-state index in [1.165, 1.54) is 12.3 Å². The fourth-order valence-corrected chi connectivity index (χ4v) is 3.89. The molecule has 0 radical (unpaired) electrons. The Morgan fingerprint density at radius 3 is 2.77 bits per heavy atom. The van der Waals surface area contributed by atoms with Gasteiger partial charge < -0.3 is 14.6 Å². The van der Waals surface area contributed by atoms with Gasteiger partial charge in [-0.1, -0.05) is 17.7 Å². The summed E-state index contributed by atoms with van der Waals surface area (Å²) in [6.07, 6.45) is 3.24. The monoisotopic (exact) mass is 371 g/mol. The van der Waals surface area contributed by atoms with Crippen LogP contribution in [-0.2, 0) is 4.74 Å². The summed E-state index contributed by atoms with van der Waals surface area (Å²) < 4.78 is 20.0. The van der Waals surface area contributed by atoms with E-state index < -0.39 is 5.82 Å². The molecule has 2 aliphatic heterocycles. The number of hydrogen-bond acceptors (Lipinski definition) is 3. The van der Waals surface area contributed by atoms with Gasteiger partial charge in [-0.05, 0) is 18.2 Å². The van der Waals surface area contributed by atoms with Crippen LogP contribution in [0, 0.1) is 11.2 Å². The number of carbonyl (C=O) groups excluding carboxylic acids is 1. The quantitative estimate of drug-likeness (QED) is 0.750. The molecule has 1 aromatic carbocycles. The van der Waals surface area contributed by atoms with Gasteiger partial charge in [-0.3, -0.25) is 4.79 Å². The van der Waals surface area contributed by atoms with Gasteiger partial charge in [-0.2, -0.15) is 0 Å².